The van der Waals surface area contributed by atoms with Crippen molar-refractivity contribution in [2.75, 3.05) is 7.05 Å². The van der Waals surface area contributed by atoms with Gasteiger partial charge in [-0.15, -0.1) is 0 Å². The molecule has 0 bridgehead atoms. The summed E-state index contributed by atoms with van der Waals surface area (Å²) in [6.45, 7) is 0.274. The molecule has 2 rings (SSSR count). The lowest BCUT2D eigenvalue weighted by atomic mass is 10.2. The molecular weight excluding hydrogens is 397 g/mol. The number of halogens is 3. The first kappa shape index (κ1) is 16.8. The van der Waals surface area contributed by atoms with Crippen molar-refractivity contribution in [1.29, 1.82) is 0 Å². The molecule has 0 amide bonds. The van der Waals surface area contributed by atoms with Crippen LogP contribution in [0.2, 0.25) is 10.0 Å². The lowest BCUT2D eigenvalue weighted by Gasteiger charge is -2.17. The average Bonchev–Trinajstić information content (AvgIpc) is 2.44. The van der Waals surface area contributed by atoms with Crippen molar-refractivity contribution in [3.8, 4) is 0 Å². The van der Waals surface area contributed by atoms with Crippen molar-refractivity contribution in [3.05, 3.63) is 62.5 Å². The Labute approximate surface area is 142 Å². The topological polar surface area (TPSA) is 37.4 Å². The highest BCUT2D eigenvalue weighted by molar-refractivity contribution is 9.10. The summed E-state index contributed by atoms with van der Waals surface area (Å²) in [6, 6.07) is 11.8. The van der Waals surface area contributed by atoms with Gasteiger partial charge in [-0.25, -0.2) is 8.42 Å². The van der Waals surface area contributed by atoms with Crippen LogP contribution >= 0.6 is 39.1 Å². The number of hydrogen-bond donors (Lipinski definition) is 0. The van der Waals surface area contributed by atoms with Crippen LogP contribution in [0.4, 0.5) is 0 Å². The fraction of sp³-hybridized carbons (Fsp3) is 0.143. The molecule has 7 heteroatoms. The van der Waals surface area contributed by atoms with E-state index in [2.05, 4.69) is 15.9 Å². The van der Waals surface area contributed by atoms with Crippen LogP contribution in [0, 0.1) is 0 Å². The summed E-state index contributed by atoms with van der Waals surface area (Å²) in [4.78, 5) is 0.122. The van der Waals surface area contributed by atoms with Crippen molar-refractivity contribution in [2.45, 2.75) is 11.4 Å². The zero-order chi connectivity index (χ0) is 15.6. The second-order valence-corrected chi connectivity index (χ2v) is 8.24. The van der Waals surface area contributed by atoms with E-state index in [1.165, 1.54) is 29.6 Å². The maximum absolute atomic E-state index is 12.5. The minimum Gasteiger partial charge on any atom is -0.207 e. The van der Waals surface area contributed by atoms with Crippen molar-refractivity contribution in [1.82, 2.24) is 4.31 Å². The molecule has 0 aliphatic carbocycles. The first-order chi connectivity index (χ1) is 9.80. The molecule has 0 spiro atoms. The smallest absolute Gasteiger partial charge is 0.207 e. The molecule has 2 aromatic rings. The number of benzene rings is 2. The Morgan fingerprint density at radius 1 is 1.05 bits per heavy atom. The van der Waals surface area contributed by atoms with Gasteiger partial charge in [-0.2, -0.15) is 4.31 Å². The van der Waals surface area contributed by atoms with Crippen LogP contribution in [0.5, 0.6) is 0 Å². The number of rotatable bonds is 4. The molecule has 0 radical (unpaired) electrons. The van der Waals surface area contributed by atoms with Crippen LogP contribution < -0.4 is 0 Å². The highest BCUT2D eigenvalue weighted by Gasteiger charge is 2.21. The van der Waals surface area contributed by atoms with Crippen molar-refractivity contribution in [3.63, 3.8) is 0 Å². The summed E-state index contributed by atoms with van der Waals surface area (Å²) < 4.78 is 27.2. The highest BCUT2D eigenvalue weighted by atomic mass is 79.9. The van der Waals surface area contributed by atoms with Crippen LogP contribution in [0.1, 0.15) is 5.56 Å². The van der Waals surface area contributed by atoms with Gasteiger partial charge >= 0.3 is 0 Å². The Morgan fingerprint density at radius 2 is 1.67 bits per heavy atom. The van der Waals surface area contributed by atoms with Gasteiger partial charge in [-0.05, 0) is 35.9 Å². The van der Waals surface area contributed by atoms with E-state index in [1.807, 2.05) is 24.3 Å². The molecule has 0 saturated carbocycles. The lowest BCUT2D eigenvalue weighted by Crippen LogP contribution is -2.26. The van der Waals surface area contributed by atoms with E-state index >= 15 is 0 Å². The molecular formula is C14H12BrCl2NO2S. The maximum Gasteiger partial charge on any atom is 0.243 e. The van der Waals surface area contributed by atoms with E-state index in [-0.39, 0.29) is 16.5 Å². The van der Waals surface area contributed by atoms with E-state index in [0.717, 1.165) is 10.0 Å². The molecule has 0 saturated heterocycles. The molecule has 112 valence electrons. The van der Waals surface area contributed by atoms with Gasteiger partial charge in [0.1, 0.15) is 0 Å². The molecule has 0 aliphatic heterocycles. The monoisotopic (exact) mass is 407 g/mol. The number of hydrogen-bond acceptors (Lipinski definition) is 2. The largest absolute Gasteiger partial charge is 0.243 e. The van der Waals surface area contributed by atoms with Gasteiger partial charge in [0, 0.05) is 18.1 Å². The quantitative estimate of drug-likeness (QED) is 0.742. The van der Waals surface area contributed by atoms with E-state index in [4.69, 9.17) is 23.2 Å². The van der Waals surface area contributed by atoms with Gasteiger partial charge < -0.3 is 0 Å². The van der Waals surface area contributed by atoms with E-state index in [9.17, 15) is 8.42 Å². The lowest BCUT2D eigenvalue weighted by molar-refractivity contribution is 0.466. The first-order valence-corrected chi connectivity index (χ1v) is 8.95. The van der Waals surface area contributed by atoms with E-state index < -0.39 is 10.0 Å². The molecule has 0 fully saturated rings. The predicted octanol–water partition coefficient (Wildman–Crippen LogP) is 4.58. The summed E-state index contributed by atoms with van der Waals surface area (Å²) in [5, 5.41) is 0.543. The van der Waals surface area contributed by atoms with Gasteiger partial charge in [-0.1, -0.05) is 51.3 Å². The molecule has 0 unspecified atom stereocenters. The minimum atomic E-state index is -3.61. The summed E-state index contributed by atoms with van der Waals surface area (Å²) in [6.07, 6.45) is 0. The van der Waals surface area contributed by atoms with Crippen LogP contribution in [-0.2, 0) is 16.6 Å². The summed E-state index contributed by atoms with van der Waals surface area (Å²) in [5.41, 5.74) is 0.893. The van der Waals surface area contributed by atoms with Gasteiger partial charge in [-0.3, -0.25) is 0 Å². The van der Waals surface area contributed by atoms with Crippen molar-refractivity contribution in [2.24, 2.45) is 0 Å². The molecule has 2 aromatic carbocycles. The van der Waals surface area contributed by atoms with Crippen LogP contribution in [-0.4, -0.2) is 19.8 Å². The van der Waals surface area contributed by atoms with Crippen LogP contribution in [0.25, 0.3) is 0 Å². The normalized spacial score (nSPS) is 11.9. The zero-order valence-corrected chi connectivity index (χ0v) is 15.0. The molecule has 0 N–H and O–H groups in total. The first-order valence-electron chi connectivity index (χ1n) is 5.96. The minimum absolute atomic E-state index is 0.122. The van der Waals surface area contributed by atoms with Crippen LogP contribution in [0.15, 0.2) is 51.8 Å². The molecule has 0 atom stereocenters. The zero-order valence-electron chi connectivity index (χ0n) is 11.1. The van der Waals surface area contributed by atoms with Gasteiger partial charge in [0.25, 0.3) is 0 Å². The molecule has 3 nitrogen and oxygen atoms in total. The van der Waals surface area contributed by atoms with Crippen LogP contribution in [0.3, 0.4) is 0 Å². The molecule has 0 aliphatic rings. The Bertz CT molecular complexity index is 748. The predicted molar refractivity (Wildman–Crippen MR) is 89.3 cm³/mol. The van der Waals surface area contributed by atoms with Crippen molar-refractivity contribution >= 4 is 49.2 Å². The third-order valence-corrected chi connectivity index (χ3v) is 5.98. The highest BCUT2D eigenvalue weighted by Crippen LogP contribution is 2.26. The molecule has 0 aromatic heterocycles. The average molecular weight is 409 g/mol. The number of nitrogens with zero attached hydrogens (tertiary/aromatic N) is 1. The van der Waals surface area contributed by atoms with Crippen molar-refractivity contribution < 1.29 is 8.42 Å². The second kappa shape index (κ2) is 6.67. The maximum atomic E-state index is 12.5. The second-order valence-electron chi connectivity index (χ2n) is 4.46. The Morgan fingerprint density at radius 3 is 2.24 bits per heavy atom. The molecule has 0 heterocycles. The molecule has 21 heavy (non-hydrogen) atoms. The Hall–Kier alpha value is -0.590. The van der Waals surface area contributed by atoms with E-state index in [0.29, 0.717) is 5.02 Å². The third kappa shape index (κ3) is 3.99. The third-order valence-electron chi connectivity index (χ3n) is 2.92. The SMILES string of the molecule is CN(Cc1ccc(Br)cc1)S(=O)(=O)c1ccc(Cl)c(Cl)c1. The fourth-order valence-corrected chi connectivity index (χ4v) is 3.56. The fourth-order valence-electron chi connectivity index (χ4n) is 1.75. The Kier molecular flexibility index (Phi) is 5.33. The standard InChI is InChI=1S/C14H12BrCl2NO2S/c1-18(9-10-2-4-11(15)5-3-10)21(19,20)12-6-7-13(16)14(17)8-12/h2-8H,9H2,1H3. The van der Waals surface area contributed by atoms with Gasteiger partial charge in [0.15, 0.2) is 0 Å². The summed E-state index contributed by atoms with van der Waals surface area (Å²) >= 11 is 15.0. The van der Waals surface area contributed by atoms with Gasteiger partial charge in [0.2, 0.25) is 10.0 Å². The van der Waals surface area contributed by atoms with Gasteiger partial charge in [0.05, 0.1) is 14.9 Å². The summed E-state index contributed by atoms with van der Waals surface area (Å²) in [7, 11) is -2.08. The van der Waals surface area contributed by atoms with E-state index in [1.54, 1.807) is 0 Å². The summed E-state index contributed by atoms with van der Waals surface area (Å²) in [5.74, 6) is 0. The Balaban J connectivity index is 2.25. The number of sulfonamides is 1.